The predicted octanol–water partition coefficient (Wildman–Crippen LogP) is 4.95. The fourth-order valence-corrected chi connectivity index (χ4v) is 2.76. The van der Waals surface area contributed by atoms with Gasteiger partial charge in [-0.05, 0) is 63.6 Å². The second-order valence-corrected chi connectivity index (χ2v) is 7.50. The lowest BCUT2D eigenvalue weighted by atomic mass is 10.1. The molecule has 2 aromatic carbocycles. The van der Waals surface area contributed by atoms with Crippen molar-refractivity contribution in [2.24, 2.45) is 0 Å². The monoisotopic (exact) mass is 437 g/mol. The van der Waals surface area contributed by atoms with E-state index in [9.17, 15) is 22.8 Å². The number of halogens is 3. The summed E-state index contributed by atoms with van der Waals surface area (Å²) in [6, 6.07) is 9.29. The summed E-state index contributed by atoms with van der Waals surface area (Å²) in [7, 11) is 0. The molecule has 0 aromatic heterocycles. The van der Waals surface area contributed by atoms with E-state index in [0.29, 0.717) is 5.69 Å². The minimum Gasteiger partial charge on any atom is -0.491 e. The lowest BCUT2D eigenvalue weighted by molar-refractivity contribution is -0.138. The van der Waals surface area contributed by atoms with E-state index < -0.39 is 23.7 Å². The summed E-state index contributed by atoms with van der Waals surface area (Å²) in [5, 5.41) is 7.75. The van der Waals surface area contributed by atoms with Crippen LogP contribution in [0.1, 0.15) is 49.2 Å². The first-order chi connectivity index (χ1) is 14.5. The summed E-state index contributed by atoms with van der Waals surface area (Å²) >= 11 is 0. The SMILES string of the molecule is CC(C)NC(=O)Nc1cccc(C(=O)NCc2ccc(OC(C)C)cc2C(F)(F)F)c1. The normalized spacial score (nSPS) is 11.4. The number of hydrogen-bond donors (Lipinski definition) is 3. The molecule has 3 amide bonds. The molecule has 0 unspecified atom stereocenters. The van der Waals surface area contributed by atoms with Crippen molar-refractivity contribution in [2.45, 2.75) is 52.6 Å². The Kier molecular flexibility index (Phi) is 7.90. The molecule has 2 rings (SSSR count). The largest absolute Gasteiger partial charge is 0.491 e. The maximum atomic E-state index is 13.5. The third-order valence-corrected chi connectivity index (χ3v) is 4.00. The molecule has 0 saturated heterocycles. The number of urea groups is 1. The summed E-state index contributed by atoms with van der Waals surface area (Å²) in [5.41, 5.74) is -0.359. The Bertz CT molecular complexity index is 928. The van der Waals surface area contributed by atoms with Crippen LogP contribution in [0.2, 0.25) is 0 Å². The minimum absolute atomic E-state index is 0.0633. The molecule has 0 radical (unpaired) electrons. The Balaban J connectivity index is 2.12. The molecular formula is C22H26F3N3O3. The number of carbonyl (C=O) groups excluding carboxylic acids is 2. The van der Waals surface area contributed by atoms with Crippen LogP contribution in [0, 0.1) is 0 Å². The van der Waals surface area contributed by atoms with E-state index in [0.717, 1.165) is 6.07 Å². The Morgan fingerprint density at radius 2 is 1.74 bits per heavy atom. The van der Waals surface area contributed by atoms with Crippen LogP contribution in [-0.4, -0.2) is 24.1 Å². The van der Waals surface area contributed by atoms with E-state index in [1.54, 1.807) is 39.8 Å². The van der Waals surface area contributed by atoms with Crippen molar-refractivity contribution < 1.29 is 27.5 Å². The highest BCUT2D eigenvalue weighted by Gasteiger charge is 2.34. The number of alkyl halides is 3. The van der Waals surface area contributed by atoms with Crippen LogP contribution >= 0.6 is 0 Å². The van der Waals surface area contributed by atoms with Gasteiger partial charge >= 0.3 is 12.2 Å². The van der Waals surface area contributed by atoms with Crippen molar-refractivity contribution in [1.29, 1.82) is 0 Å². The number of hydrogen-bond acceptors (Lipinski definition) is 3. The number of rotatable bonds is 7. The van der Waals surface area contributed by atoms with Gasteiger partial charge in [-0.1, -0.05) is 12.1 Å². The summed E-state index contributed by atoms with van der Waals surface area (Å²) in [6.45, 7) is 6.73. The fraction of sp³-hybridized carbons (Fsp3) is 0.364. The van der Waals surface area contributed by atoms with E-state index in [2.05, 4.69) is 16.0 Å². The molecule has 0 fully saturated rings. The van der Waals surface area contributed by atoms with Gasteiger partial charge in [-0.15, -0.1) is 0 Å². The van der Waals surface area contributed by atoms with Crippen molar-refractivity contribution in [3.8, 4) is 5.75 Å². The van der Waals surface area contributed by atoms with E-state index >= 15 is 0 Å². The minimum atomic E-state index is -4.59. The van der Waals surface area contributed by atoms with Crippen LogP contribution in [-0.2, 0) is 12.7 Å². The standard InChI is InChI=1S/C22H26F3N3O3/c1-13(2)27-21(30)28-17-7-5-6-15(10-17)20(29)26-12-16-8-9-18(31-14(3)4)11-19(16)22(23,24)25/h5-11,13-14H,12H2,1-4H3,(H,26,29)(H2,27,28,30). The van der Waals surface area contributed by atoms with Gasteiger partial charge in [0.1, 0.15) is 5.75 Å². The van der Waals surface area contributed by atoms with Crippen molar-refractivity contribution in [2.75, 3.05) is 5.32 Å². The Labute approximate surface area is 179 Å². The van der Waals surface area contributed by atoms with Gasteiger partial charge in [-0.25, -0.2) is 4.79 Å². The summed E-state index contributed by atoms with van der Waals surface area (Å²) < 4.78 is 45.7. The summed E-state index contributed by atoms with van der Waals surface area (Å²) in [6.07, 6.45) is -4.86. The van der Waals surface area contributed by atoms with Gasteiger partial charge in [0.15, 0.2) is 0 Å². The predicted molar refractivity (Wildman–Crippen MR) is 112 cm³/mol. The summed E-state index contributed by atoms with van der Waals surface area (Å²) in [4.78, 5) is 24.3. The number of amides is 3. The van der Waals surface area contributed by atoms with Crippen molar-refractivity contribution >= 4 is 17.6 Å². The fourth-order valence-electron chi connectivity index (χ4n) is 2.76. The van der Waals surface area contributed by atoms with E-state index in [4.69, 9.17) is 4.74 Å². The third-order valence-electron chi connectivity index (χ3n) is 4.00. The third kappa shape index (κ3) is 7.51. The van der Waals surface area contributed by atoms with Crippen molar-refractivity contribution in [1.82, 2.24) is 10.6 Å². The van der Waals surface area contributed by atoms with Gasteiger partial charge in [-0.2, -0.15) is 13.2 Å². The second-order valence-electron chi connectivity index (χ2n) is 7.50. The molecule has 31 heavy (non-hydrogen) atoms. The lowest BCUT2D eigenvalue weighted by Crippen LogP contribution is -2.34. The lowest BCUT2D eigenvalue weighted by Gasteiger charge is -2.17. The van der Waals surface area contributed by atoms with Gasteiger partial charge in [0.05, 0.1) is 11.7 Å². The molecule has 9 heteroatoms. The maximum Gasteiger partial charge on any atom is 0.416 e. The van der Waals surface area contributed by atoms with Crippen LogP contribution in [0.4, 0.5) is 23.7 Å². The van der Waals surface area contributed by atoms with E-state index in [1.165, 1.54) is 24.3 Å². The van der Waals surface area contributed by atoms with E-state index in [-0.39, 0.29) is 35.6 Å². The molecule has 0 heterocycles. The smallest absolute Gasteiger partial charge is 0.416 e. The number of ether oxygens (including phenoxy) is 1. The zero-order valence-electron chi connectivity index (χ0n) is 17.8. The number of nitrogens with one attached hydrogen (secondary N) is 3. The number of benzene rings is 2. The van der Waals surface area contributed by atoms with Crippen molar-refractivity contribution in [3.05, 3.63) is 59.2 Å². The van der Waals surface area contributed by atoms with Gasteiger partial charge in [0, 0.05) is 23.8 Å². The quantitative estimate of drug-likeness (QED) is 0.573. The molecule has 0 aliphatic heterocycles. The van der Waals surface area contributed by atoms with E-state index in [1.807, 2.05) is 0 Å². The van der Waals surface area contributed by atoms with Gasteiger partial charge in [0.25, 0.3) is 5.91 Å². The highest BCUT2D eigenvalue weighted by molar-refractivity contribution is 5.96. The second kappa shape index (κ2) is 10.2. The molecule has 0 aliphatic carbocycles. The van der Waals surface area contributed by atoms with Gasteiger partial charge in [-0.3, -0.25) is 4.79 Å². The molecular weight excluding hydrogens is 411 g/mol. The molecule has 0 spiro atoms. The molecule has 0 bridgehead atoms. The number of anilines is 1. The van der Waals surface area contributed by atoms with Crippen molar-refractivity contribution in [3.63, 3.8) is 0 Å². The topological polar surface area (TPSA) is 79.5 Å². The molecule has 0 atom stereocenters. The first kappa shape index (κ1) is 24.0. The zero-order valence-corrected chi connectivity index (χ0v) is 17.8. The molecule has 168 valence electrons. The first-order valence-corrected chi connectivity index (χ1v) is 9.78. The van der Waals surface area contributed by atoms with Gasteiger partial charge < -0.3 is 20.7 Å². The molecule has 6 nitrogen and oxygen atoms in total. The Morgan fingerprint density at radius 1 is 1.03 bits per heavy atom. The number of carbonyl (C=O) groups is 2. The summed E-state index contributed by atoms with van der Waals surface area (Å²) in [5.74, 6) is -0.459. The van der Waals surface area contributed by atoms with Crippen LogP contribution in [0.15, 0.2) is 42.5 Å². The van der Waals surface area contributed by atoms with Crippen LogP contribution in [0.3, 0.4) is 0 Å². The first-order valence-electron chi connectivity index (χ1n) is 9.78. The Hall–Kier alpha value is -3.23. The average molecular weight is 437 g/mol. The Morgan fingerprint density at radius 3 is 2.35 bits per heavy atom. The van der Waals surface area contributed by atoms with Crippen LogP contribution in [0.25, 0.3) is 0 Å². The van der Waals surface area contributed by atoms with Crippen LogP contribution < -0.4 is 20.7 Å². The van der Waals surface area contributed by atoms with Gasteiger partial charge in [0.2, 0.25) is 0 Å². The average Bonchev–Trinajstić information content (AvgIpc) is 2.65. The molecule has 0 saturated carbocycles. The highest BCUT2D eigenvalue weighted by Crippen LogP contribution is 2.34. The molecule has 3 N–H and O–H groups in total. The molecule has 2 aromatic rings. The highest BCUT2D eigenvalue weighted by atomic mass is 19.4. The maximum absolute atomic E-state index is 13.5. The van der Waals surface area contributed by atoms with Crippen LogP contribution in [0.5, 0.6) is 5.75 Å². The zero-order chi connectivity index (χ0) is 23.2. The molecule has 0 aliphatic rings.